The Hall–Kier alpha value is -2.02. The van der Waals surface area contributed by atoms with Gasteiger partial charge in [-0.2, -0.15) is 0 Å². The molecule has 0 spiro atoms. The smallest absolute Gasteiger partial charge is 0.230 e. The van der Waals surface area contributed by atoms with Crippen LogP contribution in [0.15, 0.2) is 24.3 Å². The molecule has 2 unspecified atom stereocenters. The fourth-order valence-corrected chi connectivity index (χ4v) is 4.48. The number of thioether (sulfide) groups is 1. The van der Waals surface area contributed by atoms with Gasteiger partial charge in [0, 0.05) is 44.4 Å². The first kappa shape index (κ1) is 22.7. The summed E-state index contributed by atoms with van der Waals surface area (Å²) in [5.74, 6) is 2.02. The molecule has 30 heavy (non-hydrogen) atoms. The average molecular weight is 432 g/mol. The van der Waals surface area contributed by atoms with Crippen LogP contribution in [0.4, 0.5) is 11.4 Å². The van der Waals surface area contributed by atoms with Gasteiger partial charge in [-0.25, -0.2) is 0 Å². The van der Waals surface area contributed by atoms with Crippen molar-refractivity contribution in [2.45, 2.75) is 51.9 Å². The first-order valence-electron chi connectivity index (χ1n) is 11.1. The van der Waals surface area contributed by atoms with E-state index in [1.807, 2.05) is 12.1 Å². The highest BCUT2D eigenvalue weighted by molar-refractivity contribution is 8.14. The second-order valence-electron chi connectivity index (χ2n) is 8.36. The zero-order chi connectivity index (χ0) is 21.3. The Kier molecular flexibility index (Phi) is 8.61. The van der Waals surface area contributed by atoms with E-state index in [-0.39, 0.29) is 22.7 Å². The van der Waals surface area contributed by atoms with Crippen LogP contribution in [-0.4, -0.2) is 42.3 Å². The molecule has 0 radical (unpaired) electrons. The van der Waals surface area contributed by atoms with Crippen molar-refractivity contribution in [2.75, 3.05) is 35.6 Å². The Morgan fingerprint density at radius 1 is 1.00 bits per heavy atom. The number of rotatable bonds is 10. The fraction of sp³-hybridized carbons (Fsp3) is 0.609. The van der Waals surface area contributed by atoms with E-state index in [4.69, 9.17) is 0 Å². The number of benzene rings is 1. The summed E-state index contributed by atoms with van der Waals surface area (Å²) in [6.07, 6.45) is 7.03. The molecule has 1 aliphatic heterocycles. The quantitative estimate of drug-likeness (QED) is 0.551. The Labute approximate surface area is 183 Å². The highest BCUT2D eigenvalue weighted by atomic mass is 32.2. The summed E-state index contributed by atoms with van der Waals surface area (Å²) in [5.41, 5.74) is 2.09. The minimum atomic E-state index is -0.117. The van der Waals surface area contributed by atoms with Crippen molar-refractivity contribution < 1.29 is 14.4 Å². The van der Waals surface area contributed by atoms with Crippen molar-refractivity contribution in [1.82, 2.24) is 5.32 Å². The highest BCUT2D eigenvalue weighted by Crippen LogP contribution is 2.46. The monoisotopic (exact) mass is 431 g/mol. The SMILES string of the molecule is CC(=O)SCC(=O)NCCCCCC(=O)Nc1ccc(N2CCC3CC3CC2)cc1. The molecule has 1 heterocycles. The molecule has 1 saturated carbocycles. The number of anilines is 2. The lowest BCUT2D eigenvalue weighted by Crippen LogP contribution is -2.26. The maximum absolute atomic E-state index is 12.1. The summed E-state index contributed by atoms with van der Waals surface area (Å²) in [5, 5.41) is 5.71. The standard InChI is InChI=1S/C23H33N3O3S/c1-17(27)30-16-23(29)24-12-4-2-3-5-22(28)25-20-6-8-21(9-7-20)26-13-10-18-15-19(18)11-14-26/h6-9,18-19H,2-5,10-16H2,1H3,(H,24,29)(H,25,28). The second-order valence-corrected chi connectivity index (χ2v) is 9.51. The lowest BCUT2D eigenvalue weighted by molar-refractivity contribution is -0.119. The van der Waals surface area contributed by atoms with Crippen LogP contribution in [0.3, 0.4) is 0 Å². The van der Waals surface area contributed by atoms with Gasteiger partial charge in [0.2, 0.25) is 11.8 Å². The summed E-state index contributed by atoms with van der Waals surface area (Å²) < 4.78 is 0. The van der Waals surface area contributed by atoms with E-state index in [1.54, 1.807) is 0 Å². The molecule has 1 aromatic rings. The first-order chi connectivity index (χ1) is 14.5. The van der Waals surface area contributed by atoms with Crippen LogP contribution in [-0.2, 0) is 14.4 Å². The molecule has 1 aliphatic carbocycles. The Balaban J connectivity index is 1.27. The Bertz CT molecular complexity index is 726. The molecule has 164 valence electrons. The molecule has 3 rings (SSSR count). The van der Waals surface area contributed by atoms with Crippen LogP contribution in [0.2, 0.25) is 0 Å². The largest absolute Gasteiger partial charge is 0.372 e. The molecule has 6 nitrogen and oxygen atoms in total. The molecule has 0 aromatic heterocycles. The summed E-state index contributed by atoms with van der Waals surface area (Å²) in [4.78, 5) is 36.9. The van der Waals surface area contributed by atoms with Crippen LogP contribution in [0.25, 0.3) is 0 Å². The predicted molar refractivity (Wildman–Crippen MR) is 123 cm³/mol. The van der Waals surface area contributed by atoms with Crippen molar-refractivity contribution in [3.8, 4) is 0 Å². The van der Waals surface area contributed by atoms with Crippen LogP contribution in [0, 0.1) is 11.8 Å². The van der Waals surface area contributed by atoms with Crippen molar-refractivity contribution in [3.05, 3.63) is 24.3 Å². The van der Waals surface area contributed by atoms with E-state index in [0.717, 1.165) is 61.6 Å². The van der Waals surface area contributed by atoms with Gasteiger partial charge in [-0.15, -0.1) is 0 Å². The lowest BCUT2D eigenvalue weighted by Gasteiger charge is -2.23. The number of carbonyl (C=O) groups excluding carboxylic acids is 3. The van der Waals surface area contributed by atoms with Gasteiger partial charge in [-0.1, -0.05) is 18.2 Å². The number of carbonyl (C=O) groups is 3. The molecule has 1 saturated heterocycles. The van der Waals surface area contributed by atoms with Crippen molar-refractivity contribution in [2.24, 2.45) is 11.8 Å². The topological polar surface area (TPSA) is 78.5 Å². The number of nitrogens with one attached hydrogen (secondary N) is 2. The minimum absolute atomic E-state index is 0.0273. The molecular weight excluding hydrogens is 398 g/mol. The van der Waals surface area contributed by atoms with Gasteiger partial charge in [0.15, 0.2) is 5.12 Å². The number of unbranched alkanes of at least 4 members (excludes halogenated alkanes) is 2. The average Bonchev–Trinajstić information content (AvgIpc) is 3.49. The molecule has 2 aliphatic rings. The molecule has 7 heteroatoms. The molecule has 2 atom stereocenters. The third-order valence-corrected chi connectivity index (χ3v) is 6.75. The van der Waals surface area contributed by atoms with Crippen molar-refractivity contribution in [3.63, 3.8) is 0 Å². The van der Waals surface area contributed by atoms with Gasteiger partial charge >= 0.3 is 0 Å². The summed E-state index contributed by atoms with van der Waals surface area (Å²) >= 11 is 1.02. The van der Waals surface area contributed by atoms with Crippen molar-refractivity contribution >= 4 is 40.1 Å². The van der Waals surface area contributed by atoms with Crippen LogP contribution in [0.1, 0.15) is 51.9 Å². The van der Waals surface area contributed by atoms with E-state index in [2.05, 4.69) is 27.7 Å². The maximum atomic E-state index is 12.1. The number of hydrogen-bond acceptors (Lipinski definition) is 5. The normalized spacial score (nSPS) is 20.1. The summed E-state index contributed by atoms with van der Waals surface area (Å²) in [6.45, 7) is 4.32. The van der Waals surface area contributed by atoms with Gasteiger partial charge in [0.05, 0.1) is 5.75 Å². The van der Waals surface area contributed by atoms with E-state index in [9.17, 15) is 14.4 Å². The molecule has 2 N–H and O–H groups in total. The lowest BCUT2D eigenvalue weighted by atomic mass is 10.2. The highest BCUT2D eigenvalue weighted by Gasteiger charge is 2.38. The zero-order valence-electron chi connectivity index (χ0n) is 17.8. The van der Waals surface area contributed by atoms with Gasteiger partial charge in [-0.3, -0.25) is 14.4 Å². The zero-order valence-corrected chi connectivity index (χ0v) is 18.6. The number of amides is 2. The van der Waals surface area contributed by atoms with E-state index >= 15 is 0 Å². The molecular formula is C23H33N3O3S. The van der Waals surface area contributed by atoms with E-state index in [0.29, 0.717) is 13.0 Å². The minimum Gasteiger partial charge on any atom is -0.372 e. The summed E-state index contributed by atoms with van der Waals surface area (Å²) in [7, 11) is 0. The third kappa shape index (κ3) is 7.67. The Morgan fingerprint density at radius 3 is 2.37 bits per heavy atom. The van der Waals surface area contributed by atoms with Gasteiger partial charge < -0.3 is 15.5 Å². The van der Waals surface area contributed by atoms with Crippen LogP contribution >= 0.6 is 11.8 Å². The molecule has 1 aromatic carbocycles. The van der Waals surface area contributed by atoms with Crippen molar-refractivity contribution in [1.29, 1.82) is 0 Å². The number of nitrogens with zero attached hydrogens (tertiary/aromatic N) is 1. The van der Waals surface area contributed by atoms with Gasteiger partial charge in [0.25, 0.3) is 0 Å². The van der Waals surface area contributed by atoms with Crippen LogP contribution < -0.4 is 15.5 Å². The maximum Gasteiger partial charge on any atom is 0.230 e. The van der Waals surface area contributed by atoms with Crippen LogP contribution in [0.5, 0.6) is 0 Å². The third-order valence-electron chi connectivity index (χ3n) is 5.93. The first-order valence-corrected chi connectivity index (χ1v) is 12.0. The summed E-state index contributed by atoms with van der Waals surface area (Å²) in [6, 6.07) is 8.21. The Morgan fingerprint density at radius 2 is 1.70 bits per heavy atom. The van der Waals surface area contributed by atoms with Gasteiger partial charge in [-0.05, 0) is 68.2 Å². The number of hydrogen-bond donors (Lipinski definition) is 2. The second kappa shape index (κ2) is 11.4. The molecule has 0 bridgehead atoms. The predicted octanol–water partition coefficient (Wildman–Crippen LogP) is 3.82. The van der Waals surface area contributed by atoms with E-state index in [1.165, 1.54) is 31.9 Å². The molecule has 2 fully saturated rings. The number of fused-ring (bicyclic) bond motifs is 1. The fourth-order valence-electron chi connectivity index (χ4n) is 4.04. The van der Waals surface area contributed by atoms with Gasteiger partial charge in [0.1, 0.15) is 0 Å². The molecule has 2 amide bonds. The van der Waals surface area contributed by atoms with E-state index < -0.39 is 0 Å².